The van der Waals surface area contributed by atoms with E-state index in [9.17, 15) is 4.79 Å². The maximum absolute atomic E-state index is 13.3. The zero-order valence-electron chi connectivity index (χ0n) is 17.6. The van der Waals surface area contributed by atoms with Gasteiger partial charge in [-0.15, -0.1) is 0 Å². The van der Waals surface area contributed by atoms with Crippen molar-refractivity contribution in [2.45, 2.75) is 51.8 Å². The molecule has 0 aliphatic heterocycles. The van der Waals surface area contributed by atoms with Crippen molar-refractivity contribution in [1.29, 1.82) is 0 Å². The fourth-order valence-corrected chi connectivity index (χ4v) is 4.11. The van der Waals surface area contributed by atoms with Crippen LogP contribution in [0.5, 0.6) is 5.75 Å². The normalized spacial score (nSPS) is 13.9. The molecule has 0 unspecified atom stereocenters. The molecule has 1 atom stereocenters. The van der Waals surface area contributed by atoms with Gasteiger partial charge in [-0.2, -0.15) is 0 Å². The summed E-state index contributed by atoms with van der Waals surface area (Å²) in [4.78, 5) is 15.2. The standard InChI is InChI=1S/C27H29NO2/c1-21(30-26-17-16-24-14-8-9-15-25(24)18-26)27(29)28(19-22-10-4-2-5-11-22)20-23-12-6-3-7-13-23/h2-7,10-13,16-18,21H,8-9,14-15,19-20H2,1H3/t21-/m0/s1. The molecule has 0 fully saturated rings. The first kappa shape index (κ1) is 20.2. The summed E-state index contributed by atoms with van der Waals surface area (Å²) in [5.41, 5.74) is 5.01. The quantitative estimate of drug-likeness (QED) is 0.520. The number of amides is 1. The van der Waals surface area contributed by atoms with Crippen LogP contribution in [-0.4, -0.2) is 16.9 Å². The number of ether oxygens (including phenoxy) is 1. The van der Waals surface area contributed by atoms with E-state index in [-0.39, 0.29) is 5.91 Å². The van der Waals surface area contributed by atoms with Crippen LogP contribution < -0.4 is 4.74 Å². The summed E-state index contributed by atoms with van der Waals surface area (Å²) < 4.78 is 6.11. The summed E-state index contributed by atoms with van der Waals surface area (Å²) in [6.07, 6.45) is 4.19. The Morgan fingerprint density at radius 1 is 0.833 bits per heavy atom. The van der Waals surface area contributed by atoms with Gasteiger partial charge in [0.25, 0.3) is 5.91 Å². The molecule has 0 heterocycles. The molecule has 3 aromatic rings. The molecule has 0 aromatic heterocycles. The average Bonchev–Trinajstić information content (AvgIpc) is 2.79. The van der Waals surface area contributed by atoms with Gasteiger partial charge in [0.1, 0.15) is 5.75 Å². The maximum Gasteiger partial charge on any atom is 0.263 e. The largest absolute Gasteiger partial charge is 0.481 e. The molecule has 0 bridgehead atoms. The Balaban J connectivity index is 1.49. The van der Waals surface area contributed by atoms with Gasteiger partial charge in [-0.25, -0.2) is 0 Å². The van der Waals surface area contributed by atoms with Crippen LogP contribution in [-0.2, 0) is 30.7 Å². The van der Waals surface area contributed by atoms with Gasteiger partial charge in [-0.1, -0.05) is 66.7 Å². The molecule has 0 spiro atoms. The minimum absolute atomic E-state index is 0.000395. The minimum atomic E-state index is -0.543. The number of carbonyl (C=O) groups excluding carboxylic acids is 1. The van der Waals surface area contributed by atoms with Crippen molar-refractivity contribution in [3.8, 4) is 5.75 Å². The van der Waals surface area contributed by atoms with Crippen LogP contribution in [0.4, 0.5) is 0 Å². The number of nitrogens with zero attached hydrogens (tertiary/aromatic N) is 1. The van der Waals surface area contributed by atoms with E-state index < -0.39 is 6.10 Å². The lowest BCUT2D eigenvalue weighted by Gasteiger charge is -2.27. The maximum atomic E-state index is 13.3. The number of carbonyl (C=O) groups is 1. The lowest BCUT2D eigenvalue weighted by Crippen LogP contribution is -2.39. The Kier molecular flexibility index (Phi) is 6.48. The van der Waals surface area contributed by atoms with Crippen molar-refractivity contribution in [3.63, 3.8) is 0 Å². The molecule has 3 aromatic carbocycles. The summed E-state index contributed by atoms with van der Waals surface area (Å²) in [7, 11) is 0. The number of rotatable bonds is 7. The van der Waals surface area contributed by atoms with Crippen molar-refractivity contribution in [3.05, 3.63) is 101 Å². The van der Waals surface area contributed by atoms with Gasteiger partial charge in [0.05, 0.1) is 0 Å². The number of aryl methyl sites for hydroxylation is 2. The summed E-state index contributed by atoms with van der Waals surface area (Å²) in [5.74, 6) is 0.788. The van der Waals surface area contributed by atoms with Crippen LogP contribution in [0.2, 0.25) is 0 Å². The van der Waals surface area contributed by atoms with E-state index in [1.54, 1.807) is 0 Å². The van der Waals surface area contributed by atoms with Crippen LogP contribution in [0.15, 0.2) is 78.9 Å². The number of hydrogen-bond acceptors (Lipinski definition) is 2. The van der Waals surface area contributed by atoms with Gasteiger partial charge >= 0.3 is 0 Å². The highest BCUT2D eigenvalue weighted by Crippen LogP contribution is 2.26. The van der Waals surface area contributed by atoms with Crippen LogP contribution in [0, 0.1) is 0 Å². The van der Waals surface area contributed by atoms with E-state index >= 15 is 0 Å². The second-order valence-electron chi connectivity index (χ2n) is 8.06. The van der Waals surface area contributed by atoms with Gasteiger partial charge in [-0.3, -0.25) is 4.79 Å². The van der Waals surface area contributed by atoms with Gasteiger partial charge in [0, 0.05) is 13.1 Å². The fraction of sp³-hybridized carbons (Fsp3) is 0.296. The molecule has 30 heavy (non-hydrogen) atoms. The Morgan fingerprint density at radius 3 is 2.00 bits per heavy atom. The van der Waals surface area contributed by atoms with Gasteiger partial charge < -0.3 is 9.64 Å². The molecular formula is C27H29NO2. The molecule has 154 valence electrons. The topological polar surface area (TPSA) is 29.5 Å². The van der Waals surface area contributed by atoms with E-state index in [0.29, 0.717) is 13.1 Å². The number of benzene rings is 3. The van der Waals surface area contributed by atoms with E-state index in [2.05, 4.69) is 36.4 Å². The molecule has 0 saturated heterocycles. The lowest BCUT2D eigenvalue weighted by atomic mass is 9.92. The van der Waals surface area contributed by atoms with E-state index in [1.807, 2.05) is 54.3 Å². The summed E-state index contributed by atoms with van der Waals surface area (Å²) in [6.45, 7) is 2.98. The Labute approximate surface area is 179 Å². The predicted molar refractivity (Wildman–Crippen MR) is 120 cm³/mol. The first-order valence-corrected chi connectivity index (χ1v) is 10.8. The SMILES string of the molecule is C[C@H](Oc1ccc2c(c1)CCCC2)C(=O)N(Cc1ccccc1)Cc1ccccc1. The summed E-state index contributed by atoms with van der Waals surface area (Å²) in [6, 6.07) is 26.5. The fourth-order valence-electron chi connectivity index (χ4n) is 4.11. The Bertz CT molecular complexity index is 927. The molecule has 4 rings (SSSR count). The van der Waals surface area contributed by atoms with Crippen molar-refractivity contribution < 1.29 is 9.53 Å². The van der Waals surface area contributed by atoms with E-state index in [1.165, 1.54) is 24.0 Å². The lowest BCUT2D eigenvalue weighted by molar-refractivity contribution is -0.139. The van der Waals surface area contributed by atoms with Gasteiger partial charge in [-0.05, 0) is 67.0 Å². The van der Waals surface area contributed by atoms with Crippen molar-refractivity contribution >= 4 is 5.91 Å². The first-order chi connectivity index (χ1) is 14.7. The third-order valence-electron chi connectivity index (χ3n) is 5.72. The third-order valence-corrected chi connectivity index (χ3v) is 5.72. The number of hydrogen-bond donors (Lipinski definition) is 0. The van der Waals surface area contributed by atoms with E-state index in [0.717, 1.165) is 29.7 Å². The zero-order chi connectivity index (χ0) is 20.8. The Hall–Kier alpha value is -3.07. The third kappa shape index (κ3) is 5.10. The summed E-state index contributed by atoms with van der Waals surface area (Å²) in [5, 5.41) is 0. The molecule has 0 radical (unpaired) electrons. The van der Waals surface area contributed by atoms with Crippen LogP contribution in [0.25, 0.3) is 0 Å². The smallest absolute Gasteiger partial charge is 0.263 e. The molecule has 0 saturated carbocycles. The molecule has 1 aliphatic carbocycles. The minimum Gasteiger partial charge on any atom is -0.481 e. The highest BCUT2D eigenvalue weighted by Gasteiger charge is 2.23. The molecule has 1 aliphatic rings. The second kappa shape index (κ2) is 9.62. The first-order valence-electron chi connectivity index (χ1n) is 10.8. The van der Waals surface area contributed by atoms with Crippen molar-refractivity contribution in [1.82, 2.24) is 4.90 Å². The second-order valence-corrected chi connectivity index (χ2v) is 8.06. The molecule has 3 nitrogen and oxygen atoms in total. The zero-order valence-corrected chi connectivity index (χ0v) is 17.6. The highest BCUT2D eigenvalue weighted by molar-refractivity contribution is 5.81. The average molecular weight is 400 g/mol. The molecule has 1 amide bonds. The van der Waals surface area contributed by atoms with Gasteiger partial charge in [0.15, 0.2) is 6.10 Å². The predicted octanol–water partition coefficient (Wildman–Crippen LogP) is 5.56. The van der Waals surface area contributed by atoms with Crippen molar-refractivity contribution in [2.75, 3.05) is 0 Å². The summed E-state index contributed by atoms with van der Waals surface area (Å²) >= 11 is 0. The van der Waals surface area contributed by atoms with Crippen molar-refractivity contribution in [2.24, 2.45) is 0 Å². The van der Waals surface area contributed by atoms with Crippen LogP contribution >= 0.6 is 0 Å². The van der Waals surface area contributed by atoms with E-state index in [4.69, 9.17) is 4.74 Å². The van der Waals surface area contributed by atoms with Crippen LogP contribution in [0.1, 0.15) is 42.0 Å². The molecule has 0 N–H and O–H groups in total. The monoisotopic (exact) mass is 399 g/mol. The highest BCUT2D eigenvalue weighted by atomic mass is 16.5. The number of fused-ring (bicyclic) bond motifs is 1. The Morgan fingerprint density at radius 2 is 1.40 bits per heavy atom. The van der Waals surface area contributed by atoms with Gasteiger partial charge in [0.2, 0.25) is 0 Å². The molecular weight excluding hydrogens is 370 g/mol. The van der Waals surface area contributed by atoms with Crippen LogP contribution in [0.3, 0.4) is 0 Å². The molecule has 3 heteroatoms.